The summed E-state index contributed by atoms with van der Waals surface area (Å²) in [6, 6.07) is 30.6. The van der Waals surface area contributed by atoms with E-state index < -0.39 is 0 Å². The highest BCUT2D eigenvalue weighted by Gasteiger charge is 2.18. The van der Waals surface area contributed by atoms with Gasteiger partial charge >= 0.3 is 12.0 Å². The van der Waals surface area contributed by atoms with E-state index in [1.54, 1.807) is 10.9 Å². The third kappa shape index (κ3) is 3.59. The number of imidazole rings is 1. The van der Waals surface area contributed by atoms with E-state index in [1.807, 2.05) is 97.1 Å². The molecule has 0 unspecified atom stereocenters. The van der Waals surface area contributed by atoms with Gasteiger partial charge in [-0.25, -0.2) is 14.5 Å². The number of aromatic hydroxyl groups is 1. The zero-order chi connectivity index (χ0) is 24.8. The molecular weight excluding hydrogens is 464 g/mol. The quantitative estimate of drug-likeness (QED) is 0.325. The van der Waals surface area contributed by atoms with Crippen molar-refractivity contribution in [3.8, 4) is 34.8 Å². The summed E-state index contributed by atoms with van der Waals surface area (Å²) in [5.41, 5.74) is 4.63. The molecule has 0 aliphatic rings. The number of aromatic nitrogens is 6. The van der Waals surface area contributed by atoms with Crippen molar-refractivity contribution >= 4 is 32.8 Å². The predicted octanol–water partition coefficient (Wildman–Crippen LogP) is 6.08. The fourth-order valence-electron chi connectivity index (χ4n) is 4.52. The summed E-state index contributed by atoms with van der Waals surface area (Å²) in [7, 11) is 0. The molecule has 0 spiro atoms. The van der Waals surface area contributed by atoms with Gasteiger partial charge in [-0.3, -0.25) is 0 Å². The zero-order valence-electron chi connectivity index (χ0n) is 19.4. The number of benzene rings is 4. The zero-order valence-corrected chi connectivity index (χ0v) is 19.4. The van der Waals surface area contributed by atoms with Crippen LogP contribution in [0.3, 0.4) is 0 Å². The fraction of sp³-hybridized carbons (Fsp3) is 0. The minimum Gasteiger partial charge on any atom is -0.480 e. The molecule has 0 atom stereocenters. The molecule has 0 aliphatic heterocycles. The van der Waals surface area contributed by atoms with Gasteiger partial charge in [0.2, 0.25) is 0 Å². The maximum atomic E-state index is 10.7. The monoisotopic (exact) mass is 482 g/mol. The molecule has 176 valence electrons. The van der Waals surface area contributed by atoms with Crippen molar-refractivity contribution in [1.29, 1.82) is 0 Å². The molecule has 8 nitrogen and oxygen atoms in total. The van der Waals surface area contributed by atoms with Crippen molar-refractivity contribution in [3.05, 3.63) is 103 Å². The van der Waals surface area contributed by atoms with Gasteiger partial charge in [0.25, 0.3) is 0 Å². The van der Waals surface area contributed by atoms with E-state index >= 15 is 0 Å². The number of nitrogens with zero attached hydrogens (tertiary/aromatic N) is 6. The Balaban J connectivity index is 1.35. The number of hydrogen-bond donors (Lipinski definition) is 1. The third-order valence-electron chi connectivity index (χ3n) is 6.18. The van der Waals surface area contributed by atoms with Gasteiger partial charge < -0.3 is 9.84 Å². The summed E-state index contributed by atoms with van der Waals surface area (Å²) >= 11 is 0. The lowest BCUT2D eigenvalue weighted by Crippen LogP contribution is -2.02. The third-order valence-corrected chi connectivity index (χ3v) is 6.18. The van der Waals surface area contributed by atoms with Crippen LogP contribution in [0.5, 0.6) is 17.8 Å². The van der Waals surface area contributed by atoms with Crippen LogP contribution >= 0.6 is 0 Å². The maximum absolute atomic E-state index is 10.7. The second kappa shape index (κ2) is 8.39. The number of ether oxygens (including phenoxy) is 1. The number of fused-ring (bicyclic) bond motifs is 3. The highest BCUT2D eigenvalue weighted by molar-refractivity contribution is 5.92. The van der Waals surface area contributed by atoms with Crippen molar-refractivity contribution in [3.63, 3.8) is 0 Å². The van der Waals surface area contributed by atoms with Crippen molar-refractivity contribution in [2.45, 2.75) is 0 Å². The average molecular weight is 483 g/mol. The van der Waals surface area contributed by atoms with E-state index in [4.69, 9.17) is 9.72 Å². The second-order valence-corrected chi connectivity index (χ2v) is 8.45. The lowest BCUT2D eigenvalue weighted by molar-refractivity contribution is 0.420. The fourth-order valence-corrected chi connectivity index (χ4v) is 4.52. The van der Waals surface area contributed by atoms with Crippen molar-refractivity contribution in [2.24, 2.45) is 0 Å². The summed E-state index contributed by atoms with van der Waals surface area (Å²) in [4.78, 5) is 22.5. The summed E-state index contributed by atoms with van der Waals surface area (Å²) in [6.45, 7) is 0. The summed E-state index contributed by atoms with van der Waals surface area (Å²) in [5, 5.41) is 12.4. The van der Waals surface area contributed by atoms with E-state index in [2.05, 4.69) is 19.9 Å². The maximum Gasteiger partial charge on any atom is 0.324 e. The summed E-state index contributed by atoms with van der Waals surface area (Å²) in [5.74, 6) is 1.03. The molecule has 0 radical (unpaired) electrons. The van der Waals surface area contributed by atoms with E-state index in [0.717, 1.165) is 33.1 Å². The van der Waals surface area contributed by atoms with Crippen LogP contribution in [0.25, 0.3) is 49.9 Å². The van der Waals surface area contributed by atoms with Gasteiger partial charge in [0.15, 0.2) is 5.82 Å². The van der Waals surface area contributed by atoms with Gasteiger partial charge in [-0.05, 0) is 42.5 Å². The topological polar surface area (TPSA) is 98.8 Å². The normalized spacial score (nSPS) is 11.4. The van der Waals surface area contributed by atoms with E-state index in [9.17, 15) is 5.11 Å². The largest absolute Gasteiger partial charge is 0.480 e. The van der Waals surface area contributed by atoms with Crippen LogP contribution < -0.4 is 4.74 Å². The van der Waals surface area contributed by atoms with Crippen LogP contribution in [0.4, 0.5) is 0 Å². The van der Waals surface area contributed by atoms with Gasteiger partial charge in [0, 0.05) is 16.3 Å². The van der Waals surface area contributed by atoms with E-state index in [1.165, 1.54) is 0 Å². The van der Waals surface area contributed by atoms with Crippen molar-refractivity contribution in [2.75, 3.05) is 0 Å². The smallest absolute Gasteiger partial charge is 0.324 e. The Morgan fingerprint density at radius 2 is 1.41 bits per heavy atom. The van der Waals surface area contributed by atoms with Crippen LogP contribution in [0.2, 0.25) is 0 Å². The molecule has 8 heteroatoms. The number of rotatable bonds is 4. The first-order valence-electron chi connectivity index (χ1n) is 11.7. The van der Waals surface area contributed by atoms with E-state index in [0.29, 0.717) is 22.6 Å². The average Bonchev–Trinajstić information content (AvgIpc) is 3.28. The van der Waals surface area contributed by atoms with Crippen molar-refractivity contribution in [1.82, 2.24) is 29.5 Å². The van der Waals surface area contributed by atoms with Crippen LogP contribution in [0.1, 0.15) is 0 Å². The lowest BCUT2D eigenvalue weighted by atomic mass is 10.1. The highest BCUT2D eigenvalue weighted by atomic mass is 16.5. The Morgan fingerprint density at radius 3 is 2.30 bits per heavy atom. The van der Waals surface area contributed by atoms with Crippen LogP contribution in [0, 0.1) is 0 Å². The molecule has 0 fully saturated rings. The van der Waals surface area contributed by atoms with Gasteiger partial charge in [-0.2, -0.15) is 15.0 Å². The van der Waals surface area contributed by atoms with Gasteiger partial charge in [-0.1, -0.05) is 54.6 Å². The Hall–Kier alpha value is -5.37. The SMILES string of the molecule is Oc1nc2ccccc2n1-c1nc(Oc2cccc(-c3ncnc4ccccc34)c2)nc2ccccc12. The van der Waals surface area contributed by atoms with Crippen LogP contribution in [0.15, 0.2) is 103 Å². The highest BCUT2D eigenvalue weighted by Crippen LogP contribution is 2.32. The molecule has 0 saturated carbocycles. The summed E-state index contributed by atoms with van der Waals surface area (Å²) < 4.78 is 7.78. The Bertz CT molecular complexity index is 1940. The first-order chi connectivity index (χ1) is 18.2. The van der Waals surface area contributed by atoms with E-state index in [-0.39, 0.29) is 12.0 Å². The molecular formula is C29H18N6O2. The van der Waals surface area contributed by atoms with Gasteiger partial charge in [-0.15, -0.1) is 0 Å². The van der Waals surface area contributed by atoms with Gasteiger partial charge in [0.1, 0.15) is 12.1 Å². The van der Waals surface area contributed by atoms with Crippen LogP contribution in [-0.4, -0.2) is 34.6 Å². The molecule has 3 heterocycles. The Labute approximate surface area is 210 Å². The van der Waals surface area contributed by atoms with Crippen LogP contribution in [-0.2, 0) is 0 Å². The number of para-hydroxylation sites is 4. The molecule has 4 aromatic carbocycles. The molecule has 7 aromatic rings. The summed E-state index contributed by atoms with van der Waals surface area (Å²) in [6.07, 6.45) is 1.56. The second-order valence-electron chi connectivity index (χ2n) is 8.45. The molecule has 0 saturated heterocycles. The Kier molecular flexibility index (Phi) is 4.75. The molecule has 0 aliphatic carbocycles. The standard InChI is InChI=1S/C29H18N6O2/c36-29-33-24-14-5-6-15-25(24)35(29)27-21-11-2-4-13-23(21)32-28(34-27)37-19-9-7-8-18(16-19)26-20-10-1-3-12-22(20)30-17-31-26/h1-17H,(H,33,36). The molecule has 0 amide bonds. The molecule has 37 heavy (non-hydrogen) atoms. The minimum atomic E-state index is -0.159. The first kappa shape index (κ1) is 21.0. The molecule has 1 N–H and O–H groups in total. The lowest BCUT2D eigenvalue weighted by Gasteiger charge is -2.12. The Morgan fingerprint density at radius 1 is 0.649 bits per heavy atom. The molecule has 3 aromatic heterocycles. The minimum absolute atomic E-state index is 0.149. The van der Waals surface area contributed by atoms with Crippen molar-refractivity contribution < 1.29 is 9.84 Å². The predicted molar refractivity (Wildman–Crippen MR) is 141 cm³/mol. The van der Waals surface area contributed by atoms with Gasteiger partial charge in [0.05, 0.1) is 27.8 Å². The first-order valence-corrected chi connectivity index (χ1v) is 11.7. The molecule has 7 rings (SSSR count). The molecule has 0 bridgehead atoms. The number of hydrogen-bond acceptors (Lipinski definition) is 7.